The molecule has 0 unspecified atom stereocenters. The molecule has 13 heavy (non-hydrogen) atoms. The Kier molecular flexibility index (Phi) is 2.04. The number of piperidine rings is 1. The van der Waals surface area contributed by atoms with Crippen LogP contribution in [0.5, 0.6) is 0 Å². The van der Waals surface area contributed by atoms with Crippen LogP contribution in [-0.4, -0.2) is 40.6 Å². The predicted octanol–water partition coefficient (Wildman–Crippen LogP) is -0.539. The molecule has 2 aliphatic rings. The summed E-state index contributed by atoms with van der Waals surface area (Å²) in [6.45, 7) is 1.42. The fourth-order valence-corrected chi connectivity index (χ4v) is 1.73. The van der Waals surface area contributed by atoms with Gasteiger partial charge in [0.25, 0.3) is 5.91 Å². The van der Waals surface area contributed by atoms with Gasteiger partial charge in [0.2, 0.25) is 0 Å². The third-order valence-corrected chi connectivity index (χ3v) is 2.95. The highest BCUT2D eigenvalue weighted by Gasteiger charge is 2.50. The molecule has 74 valence electrons. The maximum atomic E-state index is 11.6. The van der Waals surface area contributed by atoms with Gasteiger partial charge in [0.15, 0.2) is 0 Å². The summed E-state index contributed by atoms with van der Waals surface area (Å²) in [5, 5.41) is 9.59. The van der Waals surface area contributed by atoms with Gasteiger partial charge < -0.3 is 15.7 Å². The molecule has 2 fully saturated rings. The molecule has 0 bridgehead atoms. The number of rotatable bonds is 1. The van der Waals surface area contributed by atoms with Crippen molar-refractivity contribution < 1.29 is 9.90 Å². The van der Waals surface area contributed by atoms with Crippen molar-refractivity contribution in [1.82, 2.24) is 4.90 Å². The molecule has 2 rings (SSSR count). The molecule has 1 saturated heterocycles. The van der Waals surface area contributed by atoms with Crippen molar-refractivity contribution in [3.63, 3.8) is 0 Å². The molecule has 1 heterocycles. The van der Waals surface area contributed by atoms with Crippen LogP contribution in [0.2, 0.25) is 0 Å². The van der Waals surface area contributed by atoms with Crippen LogP contribution in [0.4, 0.5) is 0 Å². The van der Waals surface area contributed by atoms with Crippen molar-refractivity contribution in [3.05, 3.63) is 0 Å². The summed E-state index contributed by atoms with van der Waals surface area (Å²) in [5.74, 6) is -0.0839. The molecular weight excluding hydrogens is 168 g/mol. The first-order chi connectivity index (χ1) is 6.12. The Hall–Kier alpha value is -0.610. The Balaban J connectivity index is 1.91. The summed E-state index contributed by atoms with van der Waals surface area (Å²) in [7, 11) is 0. The first kappa shape index (κ1) is 8.97. The van der Waals surface area contributed by atoms with E-state index < -0.39 is 5.60 Å². The van der Waals surface area contributed by atoms with Crippen LogP contribution in [0, 0.1) is 0 Å². The highest BCUT2D eigenvalue weighted by atomic mass is 16.3. The molecule has 0 aromatic rings. The summed E-state index contributed by atoms with van der Waals surface area (Å²) < 4.78 is 0. The van der Waals surface area contributed by atoms with Gasteiger partial charge in [-0.3, -0.25) is 4.79 Å². The van der Waals surface area contributed by atoms with Crippen molar-refractivity contribution in [3.8, 4) is 0 Å². The lowest BCUT2D eigenvalue weighted by Crippen LogP contribution is -2.47. The van der Waals surface area contributed by atoms with Gasteiger partial charge in [-0.05, 0) is 25.7 Å². The molecule has 0 spiro atoms. The highest BCUT2D eigenvalue weighted by molar-refractivity contribution is 5.87. The van der Waals surface area contributed by atoms with Crippen molar-refractivity contribution in [2.24, 2.45) is 5.73 Å². The number of nitrogens with two attached hydrogens (primary N) is 1. The summed E-state index contributed by atoms with van der Waals surface area (Å²) >= 11 is 0. The van der Waals surface area contributed by atoms with Gasteiger partial charge in [-0.15, -0.1) is 0 Å². The summed E-state index contributed by atoms with van der Waals surface area (Å²) in [6, 6.07) is 0.234. The lowest BCUT2D eigenvalue weighted by Gasteiger charge is -2.31. The van der Waals surface area contributed by atoms with Crippen molar-refractivity contribution in [2.75, 3.05) is 13.1 Å². The zero-order valence-corrected chi connectivity index (χ0v) is 7.70. The Morgan fingerprint density at radius 1 is 1.38 bits per heavy atom. The van der Waals surface area contributed by atoms with Crippen molar-refractivity contribution in [2.45, 2.75) is 37.3 Å². The van der Waals surface area contributed by atoms with Gasteiger partial charge in [-0.1, -0.05) is 0 Å². The van der Waals surface area contributed by atoms with E-state index in [0.29, 0.717) is 25.9 Å². The van der Waals surface area contributed by atoms with Gasteiger partial charge >= 0.3 is 0 Å². The van der Waals surface area contributed by atoms with E-state index in [0.717, 1.165) is 12.8 Å². The van der Waals surface area contributed by atoms with Crippen molar-refractivity contribution in [1.29, 1.82) is 0 Å². The van der Waals surface area contributed by atoms with Crippen LogP contribution in [0.1, 0.15) is 25.7 Å². The van der Waals surface area contributed by atoms with Crippen LogP contribution in [0.3, 0.4) is 0 Å². The SMILES string of the molecule is NC1CCN(C(=O)C2(O)CC2)CC1. The molecule has 0 aromatic heterocycles. The summed E-state index contributed by atoms with van der Waals surface area (Å²) in [4.78, 5) is 13.4. The monoisotopic (exact) mass is 184 g/mol. The Morgan fingerprint density at radius 2 is 1.92 bits per heavy atom. The molecule has 1 aliphatic heterocycles. The summed E-state index contributed by atoms with van der Waals surface area (Å²) in [5.41, 5.74) is 4.72. The third-order valence-electron chi connectivity index (χ3n) is 2.95. The average molecular weight is 184 g/mol. The van der Waals surface area contributed by atoms with E-state index in [1.807, 2.05) is 0 Å². The molecule has 0 aromatic carbocycles. The maximum absolute atomic E-state index is 11.6. The number of carbonyl (C=O) groups is 1. The van der Waals surface area contributed by atoms with Crippen LogP contribution >= 0.6 is 0 Å². The zero-order valence-electron chi connectivity index (χ0n) is 7.70. The van der Waals surface area contributed by atoms with E-state index in [1.54, 1.807) is 4.90 Å². The molecule has 4 nitrogen and oxygen atoms in total. The lowest BCUT2D eigenvalue weighted by atomic mass is 10.1. The number of nitrogens with zero attached hydrogens (tertiary/aromatic N) is 1. The fraction of sp³-hybridized carbons (Fsp3) is 0.889. The second-order valence-corrected chi connectivity index (χ2v) is 4.16. The molecule has 1 saturated carbocycles. The molecule has 4 heteroatoms. The normalized spacial score (nSPS) is 27.4. The number of hydrogen-bond donors (Lipinski definition) is 2. The molecule has 3 N–H and O–H groups in total. The Morgan fingerprint density at radius 3 is 2.38 bits per heavy atom. The largest absolute Gasteiger partial charge is 0.380 e. The number of amides is 1. The summed E-state index contributed by atoms with van der Waals surface area (Å²) in [6.07, 6.45) is 2.99. The van der Waals surface area contributed by atoms with Gasteiger partial charge in [0, 0.05) is 19.1 Å². The molecule has 0 radical (unpaired) electrons. The minimum Gasteiger partial charge on any atom is -0.380 e. The lowest BCUT2D eigenvalue weighted by molar-refractivity contribution is -0.143. The minimum atomic E-state index is -0.999. The molecule has 0 atom stereocenters. The highest BCUT2D eigenvalue weighted by Crippen LogP contribution is 2.37. The third kappa shape index (κ3) is 1.69. The van der Waals surface area contributed by atoms with E-state index in [2.05, 4.69) is 0 Å². The van der Waals surface area contributed by atoms with Gasteiger partial charge in [0.05, 0.1) is 0 Å². The van der Waals surface area contributed by atoms with Gasteiger partial charge in [-0.2, -0.15) is 0 Å². The fourth-order valence-electron chi connectivity index (χ4n) is 1.73. The van der Waals surface area contributed by atoms with E-state index in [-0.39, 0.29) is 11.9 Å². The first-order valence-electron chi connectivity index (χ1n) is 4.89. The Labute approximate surface area is 77.7 Å². The van der Waals surface area contributed by atoms with Crippen LogP contribution in [-0.2, 0) is 4.79 Å². The van der Waals surface area contributed by atoms with E-state index in [4.69, 9.17) is 5.73 Å². The second-order valence-electron chi connectivity index (χ2n) is 4.16. The van der Waals surface area contributed by atoms with E-state index in [1.165, 1.54) is 0 Å². The number of aliphatic hydroxyl groups is 1. The standard InChI is InChI=1S/C9H16N2O2/c10-7-1-5-11(6-2-7)8(12)9(13)3-4-9/h7,13H,1-6,10H2. The van der Waals surface area contributed by atoms with E-state index in [9.17, 15) is 9.90 Å². The average Bonchev–Trinajstić information content (AvgIpc) is 2.85. The zero-order chi connectivity index (χ0) is 9.47. The predicted molar refractivity (Wildman–Crippen MR) is 48.0 cm³/mol. The van der Waals surface area contributed by atoms with Crippen LogP contribution in [0.25, 0.3) is 0 Å². The maximum Gasteiger partial charge on any atom is 0.254 e. The smallest absolute Gasteiger partial charge is 0.254 e. The number of likely N-dealkylation sites (tertiary alicyclic amines) is 1. The number of hydrogen-bond acceptors (Lipinski definition) is 3. The van der Waals surface area contributed by atoms with Gasteiger partial charge in [0.1, 0.15) is 5.60 Å². The van der Waals surface area contributed by atoms with E-state index >= 15 is 0 Å². The quantitative estimate of drug-likeness (QED) is 0.575. The first-order valence-corrected chi connectivity index (χ1v) is 4.89. The minimum absolute atomic E-state index is 0.0839. The van der Waals surface area contributed by atoms with Crippen LogP contribution < -0.4 is 5.73 Å². The molecule has 1 aliphatic carbocycles. The van der Waals surface area contributed by atoms with Crippen molar-refractivity contribution >= 4 is 5.91 Å². The number of carbonyl (C=O) groups excluding carboxylic acids is 1. The Bertz CT molecular complexity index is 218. The van der Waals surface area contributed by atoms with Crippen LogP contribution in [0.15, 0.2) is 0 Å². The second kappa shape index (κ2) is 2.96. The molecule has 1 amide bonds. The topological polar surface area (TPSA) is 66.6 Å². The van der Waals surface area contributed by atoms with Gasteiger partial charge in [-0.25, -0.2) is 0 Å². The molecular formula is C9H16N2O2.